The first-order chi connectivity index (χ1) is 12.1. The number of carbonyl (C=O) groups excluding carboxylic acids is 1. The van der Waals surface area contributed by atoms with Gasteiger partial charge in [0.15, 0.2) is 0 Å². The van der Waals surface area contributed by atoms with Gasteiger partial charge in [0.1, 0.15) is 6.54 Å². The number of pyridine rings is 1. The quantitative estimate of drug-likeness (QED) is 0.852. The van der Waals surface area contributed by atoms with E-state index in [4.69, 9.17) is 0 Å². The first-order valence-electron chi connectivity index (χ1n) is 7.92. The third kappa shape index (κ3) is 5.73. The molecule has 0 aliphatic heterocycles. The predicted octanol–water partition coefficient (Wildman–Crippen LogP) is 2.25. The van der Waals surface area contributed by atoms with Crippen molar-refractivity contribution < 1.29 is 18.0 Å². The smallest absolute Gasteiger partial charge is 0.350 e. The van der Waals surface area contributed by atoms with Gasteiger partial charge in [-0.15, -0.1) is 0 Å². The summed E-state index contributed by atoms with van der Waals surface area (Å²) < 4.78 is 38.8. The second-order valence-corrected chi connectivity index (χ2v) is 6.21. The van der Waals surface area contributed by atoms with E-state index in [1.54, 1.807) is 0 Å². The van der Waals surface area contributed by atoms with E-state index in [-0.39, 0.29) is 6.54 Å². The van der Waals surface area contributed by atoms with E-state index < -0.39 is 29.8 Å². The Kier molecular flexibility index (Phi) is 6.20. The molecule has 1 N–H and O–H groups in total. The van der Waals surface area contributed by atoms with Crippen molar-refractivity contribution in [2.45, 2.75) is 25.8 Å². The topological polar surface area (TPSA) is 54.3 Å². The summed E-state index contributed by atoms with van der Waals surface area (Å²) in [5.74, 6) is -0.538. The van der Waals surface area contributed by atoms with Gasteiger partial charge < -0.3 is 14.8 Å². The summed E-state index contributed by atoms with van der Waals surface area (Å²) in [5.41, 5.74) is 0.348. The Morgan fingerprint density at radius 3 is 2.27 bits per heavy atom. The van der Waals surface area contributed by atoms with Crippen LogP contribution in [-0.4, -0.2) is 29.5 Å². The Balaban J connectivity index is 1.96. The summed E-state index contributed by atoms with van der Waals surface area (Å²) in [6, 6.07) is 9.13. The molecule has 26 heavy (non-hydrogen) atoms. The van der Waals surface area contributed by atoms with E-state index in [1.807, 2.05) is 43.3 Å². The van der Waals surface area contributed by atoms with E-state index in [9.17, 15) is 22.8 Å². The Labute approximate surface area is 149 Å². The average molecular weight is 367 g/mol. The van der Waals surface area contributed by atoms with Crippen LogP contribution in [-0.2, 0) is 30.6 Å². The second-order valence-electron chi connectivity index (χ2n) is 6.21. The number of rotatable bonds is 6. The Morgan fingerprint density at radius 2 is 1.69 bits per heavy atom. The van der Waals surface area contributed by atoms with Crippen LogP contribution in [0.1, 0.15) is 16.7 Å². The summed E-state index contributed by atoms with van der Waals surface area (Å²) in [4.78, 5) is 25.6. The van der Waals surface area contributed by atoms with Crippen molar-refractivity contribution in [3.8, 4) is 0 Å². The first-order valence-corrected chi connectivity index (χ1v) is 7.92. The number of nitrogens with one attached hydrogen (secondary N) is 1. The lowest BCUT2D eigenvalue weighted by Gasteiger charge is -2.12. The number of hydrogen-bond acceptors (Lipinski definition) is 3. The van der Waals surface area contributed by atoms with E-state index in [0.29, 0.717) is 12.3 Å². The summed E-state index contributed by atoms with van der Waals surface area (Å²) in [6.45, 7) is 0.557. The Morgan fingerprint density at radius 1 is 1.08 bits per heavy atom. The molecule has 1 heterocycles. The highest BCUT2D eigenvalue weighted by atomic mass is 19.4. The van der Waals surface area contributed by atoms with E-state index in [1.165, 1.54) is 0 Å². The fourth-order valence-corrected chi connectivity index (χ4v) is 2.36. The van der Waals surface area contributed by atoms with Crippen LogP contribution in [0, 0.1) is 0 Å². The maximum atomic E-state index is 12.7. The van der Waals surface area contributed by atoms with E-state index >= 15 is 0 Å². The molecule has 0 bridgehead atoms. The van der Waals surface area contributed by atoms with Gasteiger partial charge in [0.25, 0.3) is 5.56 Å². The number of alkyl halides is 3. The molecule has 0 saturated heterocycles. The van der Waals surface area contributed by atoms with Crippen LogP contribution in [0.4, 0.5) is 13.2 Å². The molecule has 8 heteroatoms. The standard InChI is InChI=1S/C18H20F3N3O2/c1-23(2)10-14-5-3-13(4-6-14)9-22-16(25)12-24-11-15(18(19,20)21)7-8-17(24)26/h3-8,11H,9-10,12H2,1-2H3,(H,22,25). The summed E-state index contributed by atoms with van der Waals surface area (Å²) in [6.07, 6.45) is -3.92. The number of hydrogen-bond donors (Lipinski definition) is 1. The van der Waals surface area contributed by atoms with Crippen molar-refractivity contribution in [1.82, 2.24) is 14.8 Å². The van der Waals surface area contributed by atoms with Crippen LogP contribution in [0.15, 0.2) is 47.4 Å². The van der Waals surface area contributed by atoms with Crippen molar-refractivity contribution >= 4 is 5.91 Å². The number of aromatic nitrogens is 1. The minimum absolute atomic E-state index is 0.231. The van der Waals surface area contributed by atoms with Crippen LogP contribution in [0.3, 0.4) is 0 Å². The SMILES string of the molecule is CN(C)Cc1ccc(CNC(=O)Cn2cc(C(F)(F)F)ccc2=O)cc1. The highest BCUT2D eigenvalue weighted by Gasteiger charge is 2.31. The molecule has 0 aliphatic rings. The first kappa shape index (κ1) is 19.7. The molecule has 0 aliphatic carbocycles. The average Bonchev–Trinajstić information content (AvgIpc) is 2.54. The van der Waals surface area contributed by atoms with Gasteiger partial charge in [0, 0.05) is 25.4 Å². The zero-order valence-electron chi connectivity index (χ0n) is 14.5. The lowest BCUT2D eigenvalue weighted by molar-refractivity contribution is -0.138. The molecule has 1 amide bonds. The van der Waals surface area contributed by atoms with Gasteiger partial charge in [-0.1, -0.05) is 24.3 Å². The number of benzene rings is 1. The molecule has 2 aromatic rings. The fraction of sp³-hybridized carbons (Fsp3) is 0.333. The van der Waals surface area contributed by atoms with Crippen molar-refractivity contribution in [2.24, 2.45) is 0 Å². The molecular formula is C18H20F3N3O2. The predicted molar refractivity (Wildman–Crippen MR) is 91.4 cm³/mol. The molecule has 0 fully saturated rings. The molecule has 1 aromatic heterocycles. The van der Waals surface area contributed by atoms with Crippen LogP contribution in [0.2, 0.25) is 0 Å². The van der Waals surface area contributed by atoms with Crippen LogP contribution in [0.25, 0.3) is 0 Å². The highest BCUT2D eigenvalue weighted by molar-refractivity contribution is 5.75. The summed E-state index contributed by atoms with van der Waals surface area (Å²) in [5, 5.41) is 2.60. The monoisotopic (exact) mass is 367 g/mol. The third-order valence-corrected chi connectivity index (χ3v) is 3.64. The van der Waals surface area contributed by atoms with Gasteiger partial charge in [-0.05, 0) is 31.3 Å². The minimum Gasteiger partial charge on any atom is -0.350 e. The molecule has 1 aromatic carbocycles. The van der Waals surface area contributed by atoms with Gasteiger partial charge in [-0.2, -0.15) is 13.2 Å². The number of nitrogens with zero attached hydrogens (tertiary/aromatic N) is 2. The molecule has 2 rings (SSSR count). The van der Waals surface area contributed by atoms with Crippen molar-refractivity contribution in [1.29, 1.82) is 0 Å². The van der Waals surface area contributed by atoms with Gasteiger partial charge in [0.2, 0.25) is 5.91 Å². The lowest BCUT2D eigenvalue weighted by Crippen LogP contribution is -2.32. The zero-order valence-corrected chi connectivity index (χ0v) is 14.5. The Bertz CT molecular complexity index is 812. The highest BCUT2D eigenvalue weighted by Crippen LogP contribution is 2.27. The molecule has 5 nitrogen and oxygen atoms in total. The van der Waals surface area contributed by atoms with Gasteiger partial charge in [0.05, 0.1) is 5.56 Å². The maximum absolute atomic E-state index is 12.7. The fourth-order valence-electron chi connectivity index (χ4n) is 2.36. The summed E-state index contributed by atoms with van der Waals surface area (Å²) >= 11 is 0. The largest absolute Gasteiger partial charge is 0.417 e. The van der Waals surface area contributed by atoms with Crippen LogP contribution >= 0.6 is 0 Å². The molecule has 0 saturated carbocycles. The maximum Gasteiger partial charge on any atom is 0.417 e. The number of carbonyl (C=O) groups is 1. The van der Waals surface area contributed by atoms with Gasteiger partial charge >= 0.3 is 6.18 Å². The number of amides is 1. The number of halogens is 3. The normalized spacial score (nSPS) is 11.6. The lowest BCUT2D eigenvalue weighted by atomic mass is 10.1. The van der Waals surface area contributed by atoms with Crippen LogP contribution in [0.5, 0.6) is 0 Å². The van der Waals surface area contributed by atoms with E-state index in [0.717, 1.165) is 28.3 Å². The Hall–Kier alpha value is -2.61. The molecule has 140 valence electrons. The van der Waals surface area contributed by atoms with Gasteiger partial charge in [-0.3, -0.25) is 9.59 Å². The zero-order chi connectivity index (χ0) is 19.3. The minimum atomic E-state index is -4.57. The third-order valence-electron chi connectivity index (χ3n) is 3.64. The molecule has 0 unspecified atom stereocenters. The molecule has 0 radical (unpaired) electrons. The van der Waals surface area contributed by atoms with Crippen molar-refractivity contribution in [3.63, 3.8) is 0 Å². The molecule has 0 spiro atoms. The van der Waals surface area contributed by atoms with Gasteiger partial charge in [-0.25, -0.2) is 0 Å². The second kappa shape index (κ2) is 8.18. The molecule has 0 atom stereocenters. The summed E-state index contributed by atoms with van der Waals surface area (Å²) in [7, 11) is 3.92. The van der Waals surface area contributed by atoms with Crippen LogP contribution < -0.4 is 10.9 Å². The van der Waals surface area contributed by atoms with Crippen molar-refractivity contribution in [2.75, 3.05) is 14.1 Å². The van der Waals surface area contributed by atoms with Crippen molar-refractivity contribution in [3.05, 3.63) is 69.6 Å². The molecular weight excluding hydrogens is 347 g/mol. The van der Waals surface area contributed by atoms with E-state index in [2.05, 4.69) is 5.32 Å².